The second-order valence-corrected chi connectivity index (χ2v) is 3.77. The molecular weight excluding hydrogens is 223 g/mol. The Labute approximate surface area is 112 Å². The molecule has 0 aliphatic carbocycles. The third-order valence-corrected chi connectivity index (χ3v) is 1.65. The van der Waals surface area contributed by atoms with E-state index in [9.17, 15) is 4.79 Å². The molecule has 0 saturated carbocycles. The summed E-state index contributed by atoms with van der Waals surface area (Å²) in [4.78, 5) is 14.1. The van der Waals surface area contributed by atoms with E-state index in [1.807, 2.05) is 6.08 Å². The van der Waals surface area contributed by atoms with Gasteiger partial charge in [0.25, 0.3) is 0 Å². The molecule has 0 radical (unpaired) electrons. The number of rotatable bonds is 3. The zero-order valence-electron chi connectivity index (χ0n) is 9.69. The second-order valence-electron chi connectivity index (χ2n) is 2.96. The van der Waals surface area contributed by atoms with Crippen molar-refractivity contribution in [3.05, 3.63) is 12.7 Å². The average molecular weight is 240 g/mol. The van der Waals surface area contributed by atoms with Crippen LogP contribution < -0.4 is 5.32 Å². The van der Waals surface area contributed by atoms with E-state index in [2.05, 4.69) is 21.6 Å². The molecule has 0 fully saturated rings. The van der Waals surface area contributed by atoms with Crippen molar-refractivity contribution < 1.29 is 20.1 Å². The number of carbonyl (C=O) groups is 1. The molecule has 0 bridgehead atoms. The number of nitrogens with zero attached hydrogens (tertiary/aromatic N) is 1. The minimum absolute atomic E-state index is 0. The van der Waals surface area contributed by atoms with Crippen LogP contribution in [-0.2, 0) is 4.74 Å². The number of aliphatic hydroxyl groups excluding tert-OH is 1. The molecule has 1 heterocycles. The Hall–Kier alpha value is -0.400. The van der Waals surface area contributed by atoms with E-state index >= 15 is 0 Å². The van der Waals surface area contributed by atoms with E-state index in [-0.39, 0.29) is 8.69 Å². The van der Waals surface area contributed by atoms with Crippen molar-refractivity contribution in [2.24, 2.45) is 4.99 Å². The normalized spacial score (nSPS) is 14.4. The van der Waals surface area contributed by atoms with Gasteiger partial charge in [0.1, 0.15) is 5.84 Å². The Morgan fingerprint density at radius 3 is 2.75 bits per heavy atom. The minimum atomic E-state index is -0.940. The van der Waals surface area contributed by atoms with Gasteiger partial charge in [0.15, 0.2) is 0 Å². The van der Waals surface area contributed by atoms with Crippen molar-refractivity contribution in [3.63, 3.8) is 0 Å². The van der Waals surface area contributed by atoms with Crippen LogP contribution in [0.2, 0.25) is 0 Å². The minimum Gasteiger partial charge on any atom is -0.412 e. The van der Waals surface area contributed by atoms with Crippen LogP contribution in [0.15, 0.2) is 17.6 Å². The van der Waals surface area contributed by atoms with Crippen LogP contribution in [0.5, 0.6) is 0 Å². The fraction of sp³-hybridized carbons (Fsp3) is 0.556. The van der Waals surface area contributed by atoms with Gasteiger partial charge in [-0.15, -0.1) is 6.58 Å². The number of ether oxygens (including phenoxy) is 1. The molecule has 1 unspecified atom stereocenters. The third-order valence-electron chi connectivity index (χ3n) is 1.42. The van der Waals surface area contributed by atoms with Crippen molar-refractivity contribution in [1.29, 1.82) is 0 Å². The van der Waals surface area contributed by atoms with Crippen molar-refractivity contribution in [2.75, 3.05) is 13.1 Å². The van der Waals surface area contributed by atoms with Gasteiger partial charge in [-0.3, -0.25) is 4.99 Å². The summed E-state index contributed by atoms with van der Waals surface area (Å²) in [5, 5.41) is 11.4. The second kappa shape index (κ2) is 11.1. The van der Waals surface area contributed by atoms with Gasteiger partial charge in [0.2, 0.25) is 0 Å². The third kappa shape index (κ3) is 11.7. The molecular formula is C9H17N2NaO4. The maximum atomic E-state index is 9.93. The van der Waals surface area contributed by atoms with E-state index in [0.717, 1.165) is 25.3 Å². The van der Waals surface area contributed by atoms with E-state index < -0.39 is 6.29 Å². The molecule has 4 N–H and O–H groups in total. The quantitative estimate of drug-likeness (QED) is 0.389. The first-order valence-corrected chi connectivity index (χ1v) is 5.79. The molecule has 16 heavy (non-hydrogen) atoms. The van der Waals surface area contributed by atoms with Crippen LogP contribution in [0.1, 0.15) is 13.3 Å². The van der Waals surface area contributed by atoms with Crippen molar-refractivity contribution in [2.45, 2.75) is 19.6 Å². The van der Waals surface area contributed by atoms with E-state index in [1.165, 1.54) is 6.92 Å². The number of aliphatic hydroxyl groups is 1. The van der Waals surface area contributed by atoms with Gasteiger partial charge >= 0.3 is 59.0 Å². The fourth-order valence-electron chi connectivity index (χ4n) is 0.961. The molecule has 0 aromatic rings. The van der Waals surface area contributed by atoms with Gasteiger partial charge in [0, 0.05) is 13.0 Å². The van der Waals surface area contributed by atoms with Gasteiger partial charge in [-0.25, -0.2) is 0 Å². The summed E-state index contributed by atoms with van der Waals surface area (Å²) in [6.45, 7) is 6.94. The van der Waals surface area contributed by atoms with Crippen LogP contribution in [0, 0.1) is 0 Å². The van der Waals surface area contributed by atoms with Crippen LogP contribution in [0.4, 0.5) is 4.79 Å². The predicted molar refractivity (Wildman–Crippen MR) is 62.6 cm³/mol. The Bertz CT molecular complexity index is 244. The first-order chi connectivity index (χ1) is 7.06. The molecule has 0 amide bonds. The largest absolute Gasteiger partial charge is 0.412 e. The monoisotopic (exact) mass is 240 g/mol. The summed E-state index contributed by atoms with van der Waals surface area (Å²) in [6.07, 6.45) is 1.81. The van der Waals surface area contributed by atoms with Gasteiger partial charge in [-0.1, -0.05) is 6.08 Å². The number of amidine groups is 1. The Kier molecular flexibility index (Phi) is 12.5. The van der Waals surface area contributed by atoms with Gasteiger partial charge in [-0.05, 0) is 0 Å². The topological polar surface area (TPSA) is 102 Å². The summed E-state index contributed by atoms with van der Waals surface area (Å²) in [5.74, 6) is 1.08. The summed E-state index contributed by atoms with van der Waals surface area (Å²) in [7, 11) is 0. The first-order valence-electron chi connectivity index (χ1n) is 4.79. The molecule has 0 aromatic heterocycles. The first kappa shape index (κ1) is 18.0. The Balaban J connectivity index is 0. The van der Waals surface area contributed by atoms with Crippen molar-refractivity contribution >= 4 is 37.0 Å². The van der Waals surface area contributed by atoms with Crippen molar-refractivity contribution in [3.8, 4) is 0 Å². The summed E-state index contributed by atoms with van der Waals surface area (Å²) < 4.78 is 3.90. The molecule has 6 nitrogen and oxygen atoms in total. The molecule has 0 spiro atoms. The zero-order valence-corrected chi connectivity index (χ0v) is 11.7. The van der Waals surface area contributed by atoms with Crippen LogP contribution in [-0.4, -0.2) is 66.9 Å². The summed E-state index contributed by atoms with van der Waals surface area (Å²) >= 11 is 0.346. The molecule has 0 saturated heterocycles. The molecule has 1 atom stereocenters. The number of aliphatic imine (C=N–C) groups is 1. The Morgan fingerprint density at radius 2 is 2.50 bits per heavy atom. The average Bonchev–Trinajstić information content (AvgIpc) is 2.55. The van der Waals surface area contributed by atoms with Crippen LogP contribution in [0.25, 0.3) is 0 Å². The van der Waals surface area contributed by atoms with Crippen LogP contribution >= 0.6 is 0 Å². The van der Waals surface area contributed by atoms with Gasteiger partial charge in [0.05, 0.1) is 6.54 Å². The number of hydrogen-bond donors (Lipinski definition) is 2. The zero-order chi connectivity index (χ0) is 11.7. The van der Waals surface area contributed by atoms with Crippen LogP contribution in [0.3, 0.4) is 0 Å². The molecule has 1 aliphatic rings. The van der Waals surface area contributed by atoms with Gasteiger partial charge < -0.3 is 10.8 Å². The number of nitrogens with one attached hydrogen (secondary N) is 1. The molecule has 0 aromatic carbocycles. The predicted octanol–water partition coefficient (Wildman–Crippen LogP) is -0.631. The maximum Gasteiger partial charge on any atom is -0.412 e. The fourth-order valence-corrected chi connectivity index (χ4v) is 1.30. The SMILES string of the molecule is C=CCC1=NCCN1.CC(O)O[C](=O)[Na].O. The summed E-state index contributed by atoms with van der Waals surface area (Å²) in [6, 6.07) is 0. The van der Waals surface area contributed by atoms with Gasteiger partial charge in [-0.2, -0.15) is 0 Å². The molecule has 1 rings (SSSR count). The van der Waals surface area contributed by atoms with E-state index in [1.54, 1.807) is 0 Å². The number of hydrogen-bond acceptors (Lipinski definition) is 5. The summed E-state index contributed by atoms with van der Waals surface area (Å²) in [5.41, 5.74) is 0. The maximum absolute atomic E-state index is 9.93. The van der Waals surface area contributed by atoms with E-state index in [0.29, 0.717) is 27.9 Å². The van der Waals surface area contributed by atoms with E-state index in [4.69, 9.17) is 5.11 Å². The molecule has 1 aliphatic heterocycles. The smallest absolute Gasteiger partial charge is 0.412 e. The standard InChI is InChI=1S/C6H10N2.C3H5O3.Na.H2O/c1-2-3-6-7-4-5-8-6;1-3(5)6-2-4;;/h2H,1,3-5H2,(H,7,8);3,5H,1H3;;1H2. The van der Waals surface area contributed by atoms with Crippen molar-refractivity contribution in [1.82, 2.24) is 5.32 Å². The number of carbonyl (C=O) groups excluding carboxylic acids is 1. The molecule has 7 heteroatoms. The molecule has 88 valence electrons. The Morgan fingerprint density at radius 1 is 1.88 bits per heavy atom.